The number of nitrogens with zero attached hydrogens (tertiary/aromatic N) is 5. The number of aromatic amines is 1. The first-order valence-electron chi connectivity index (χ1n) is 19.7. The molecule has 0 saturated carbocycles. The van der Waals surface area contributed by atoms with Crippen LogP contribution in [-0.2, 0) is 9.47 Å². The summed E-state index contributed by atoms with van der Waals surface area (Å²) in [6.07, 6.45) is 9.37. The van der Waals surface area contributed by atoms with Gasteiger partial charge in [-0.25, -0.2) is 33.7 Å². The van der Waals surface area contributed by atoms with Crippen molar-refractivity contribution in [3.63, 3.8) is 0 Å². The van der Waals surface area contributed by atoms with Crippen molar-refractivity contribution >= 4 is 12.2 Å². The van der Waals surface area contributed by atoms with Crippen LogP contribution in [-0.4, -0.2) is 54.0 Å². The van der Waals surface area contributed by atoms with Gasteiger partial charge < -0.3 is 14.5 Å². The molecule has 57 heavy (non-hydrogen) atoms. The number of hydrogen-bond donors (Lipinski definition) is 1. The van der Waals surface area contributed by atoms with Crippen LogP contribution >= 0.6 is 0 Å². The topological polar surface area (TPSA) is 117 Å². The standard InChI is InChI=1S/C18H24N2O2.C17H22N2O2.C12H14N2/c1-12(2)11-22-18(21)20-10-9-19-17(20)15(5)16-8-6-7-13(3)14(16)4;1-11(2)21-17(20)19-10-9-18-16(19)14(5)15-8-6-7-12(3)13(15)4;1-9-4-3-5-11(8-9)10(2)12-13-6-7-14-12/h6-10,12,15H,11H2,1-5H3;6-11,14H,1-5H3;3-8,10H,1-2H3,(H,13,14). The number of carbonyl (C=O) groups is 2. The third kappa shape index (κ3) is 11.6. The number of benzene rings is 3. The Labute approximate surface area is 338 Å². The molecular formula is C47H60N6O4. The highest BCUT2D eigenvalue weighted by Crippen LogP contribution is 2.29. The number of H-pyrrole nitrogens is 1. The fourth-order valence-electron chi connectivity index (χ4n) is 6.52. The normalized spacial score (nSPS) is 12.5. The molecule has 1 N–H and O–H groups in total. The van der Waals surface area contributed by atoms with E-state index in [0.717, 1.165) is 5.82 Å². The molecule has 3 unspecified atom stereocenters. The third-order valence-corrected chi connectivity index (χ3v) is 10.1. The molecule has 0 bridgehead atoms. The van der Waals surface area contributed by atoms with E-state index in [1.807, 2.05) is 46.0 Å². The Kier molecular flexibility index (Phi) is 15.7. The predicted molar refractivity (Wildman–Crippen MR) is 227 cm³/mol. The molecule has 3 aromatic heterocycles. The summed E-state index contributed by atoms with van der Waals surface area (Å²) in [6.45, 7) is 24.9. The summed E-state index contributed by atoms with van der Waals surface area (Å²) in [6, 6.07) is 21.0. The van der Waals surface area contributed by atoms with Crippen LogP contribution in [0.15, 0.2) is 97.8 Å². The summed E-state index contributed by atoms with van der Waals surface area (Å²) in [5.41, 5.74) is 9.91. The highest BCUT2D eigenvalue weighted by molar-refractivity contribution is 5.72. The van der Waals surface area contributed by atoms with Crippen molar-refractivity contribution in [2.45, 2.75) is 107 Å². The van der Waals surface area contributed by atoms with Gasteiger partial charge in [0.1, 0.15) is 17.5 Å². The van der Waals surface area contributed by atoms with Crippen molar-refractivity contribution in [2.75, 3.05) is 6.61 Å². The minimum absolute atomic E-state index is 0.0274. The Morgan fingerprint density at radius 2 is 1.18 bits per heavy atom. The van der Waals surface area contributed by atoms with Crippen LogP contribution in [0.25, 0.3) is 0 Å². The molecule has 0 amide bonds. The van der Waals surface area contributed by atoms with Crippen LogP contribution in [0.3, 0.4) is 0 Å². The maximum atomic E-state index is 12.2. The average Bonchev–Trinajstić information content (AvgIpc) is 3.99. The number of aryl methyl sites for hydroxylation is 3. The van der Waals surface area contributed by atoms with Gasteiger partial charge in [0, 0.05) is 54.9 Å². The summed E-state index contributed by atoms with van der Waals surface area (Å²) >= 11 is 0. The largest absolute Gasteiger partial charge is 0.449 e. The van der Waals surface area contributed by atoms with E-state index in [-0.39, 0.29) is 30.1 Å². The molecule has 10 nitrogen and oxygen atoms in total. The molecule has 3 atom stereocenters. The predicted octanol–water partition coefficient (Wildman–Crippen LogP) is 11.2. The van der Waals surface area contributed by atoms with E-state index >= 15 is 0 Å². The van der Waals surface area contributed by atoms with Crippen molar-refractivity contribution in [1.29, 1.82) is 0 Å². The number of aromatic nitrogens is 6. The molecule has 302 valence electrons. The second kappa shape index (κ2) is 20.4. The fourth-order valence-corrected chi connectivity index (χ4v) is 6.52. The number of hydrogen-bond acceptors (Lipinski definition) is 7. The fraction of sp³-hybridized carbons (Fsp3) is 0.383. The Bertz CT molecular complexity index is 2200. The van der Waals surface area contributed by atoms with E-state index in [1.165, 1.54) is 53.6 Å². The molecule has 0 aliphatic carbocycles. The lowest BCUT2D eigenvalue weighted by Gasteiger charge is -2.17. The molecule has 6 aromatic rings. The Morgan fingerprint density at radius 3 is 1.65 bits per heavy atom. The van der Waals surface area contributed by atoms with E-state index in [2.05, 4.69) is 124 Å². The lowest BCUT2D eigenvalue weighted by Crippen LogP contribution is -2.21. The Hall–Kier alpha value is -5.77. The van der Waals surface area contributed by atoms with Gasteiger partial charge in [-0.2, -0.15) is 0 Å². The van der Waals surface area contributed by atoms with Gasteiger partial charge >= 0.3 is 12.2 Å². The minimum atomic E-state index is -0.380. The molecule has 0 fully saturated rings. The number of rotatable bonds is 9. The van der Waals surface area contributed by atoms with Crippen LogP contribution in [0, 0.1) is 40.5 Å². The van der Waals surface area contributed by atoms with Gasteiger partial charge in [0.15, 0.2) is 0 Å². The highest BCUT2D eigenvalue weighted by atomic mass is 16.6. The van der Waals surface area contributed by atoms with Crippen LogP contribution in [0.2, 0.25) is 0 Å². The lowest BCUT2D eigenvalue weighted by atomic mass is 9.93. The van der Waals surface area contributed by atoms with Crippen LogP contribution in [0.5, 0.6) is 0 Å². The smallest absolute Gasteiger partial charge is 0.419 e. The van der Waals surface area contributed by atoms with Crippen molar-refractivity contribution in [2.24, 2.45) is 5.92 Å². The van der Waals surface area contributed by atoms with Gasteiger partial charge in [-0.3, -0.25) is 0 Å². The Balaban J connectivity index is 0.000000194. The first kappa shape index (κ1) is 44.0. The molecule has 10 heteroatoms. The molecule has 0 aliphatic rings. The van der Waals surface area contributed by atoms with Gasteiger partial charge in [0.05, 0.1) is 12.7 Å². The first-order chi connectivity index (χ1) is 27.1. The summed E-state index contributed by atoms with van der Waals surface area (Å²) in [4.78, 5) is 40.5. The van der Waals surface area contributed by atoms with Crippen molar-refractivity contribution < 1.29 is 19.1 Å². The van der Waals surface area contributed by atoms with Crippen LogP contribution in [0.4, 0.5) is 9.59 Å². The summed E-state index contributed by atoms with van der Waals surface area (Å²) in [7, 11) is 0. The molecule has 0 saturated heterocycles. The molecule has 3 heterocycles. The lowest BCUT2D eigenvalue weighted by molar-refractivity contribution is 0.116. The molecule has 6 rings (SSSR count). The third-order valence-electron chi connectivity index (χ3n) is 10.1. The summed E-state index contributed by atoms with van der Waals surface area (Å²) in [5, 5.41) is 0. The zero-order chi connectivity index (χ0) is 41.8. The molecular weight excluding hydrogens is 713 g/mol. The average molecular weight is 773 g/mol. The van der Waals surface area contributed by atoms with Gasteiger partial charge in [-0.05, 0) is 93.3 Å². The van der Waals surface area contributed by atoms with Gasteiger partial charge in [-0.15, -0.1) is 0 Å². The van der Waals surface area contributed by atoms with Gasteiger partial charge in [0.25, 0.3) is 0 Å². The maximum absolute atomic E-state index is 12.2. The molecule has 0 aliphatic heterocycles. The number of nitrogens with one attached hydrogen (secondary N) is 1. The van der Waals surface area contributed by atoms with E-state index in [9.17, 15) is 9.59 Å². The van der Waals surface area contributed by atoms with Crippen LogP contribution in [0.1, 0.15) is 128 Å². The van der Waals surface area contributed by atoms with Gasteiger partial charge in [0.2, 0.25) is 0 Å². The molecule has 0 spiro atoms. The van der Waals surface area contributed by atoms with E-state index < -0.39 is 0 Å². The zero-order valence-corrected chi connectivity index (χ0v) is 35.7. The molecule has 3 aromatic carbocycles. The SMILES string of the molecule is Cc1cccc(C(C)c2ncc[nH]2)c1.Cc1cccc(C(C)c2nccn2C(=O)OC(C)C)c1C.Cc1cccc(C(C)c2nccn2C(=O)OCC(C)C)c1C. The summed E-state index contributed by atoms with van der Waals surface area (Å²) in [5.74, 6) is 3.14. The van der Waals surface area contributed by atoms with Crippen molar-refractivity contribution in [3.8, 4) is 0 Å². The number of imidazole rings is 3. The maximum Gasteiger partial charge on any atom is 0.419 e. The Morgan fingerprint density at radius 1 is 0.649 bits per heavy atom. The number of ether oxygens (including phenoxy) is 2. The monoisotopic (exact) mass is 772 g/mol. The van der Waals surface area contributed by atoms with E-state index in [1.54, 1.807) is 31.0 Å². The summed E-state index contributed by atoms with van der Waals surface area (Å²) < 4.78 is 13.6. The van der Waals surface area contributed by atoms with Crippen molar-refractivity contribution in [3.05, 3.63) is 160 Å². The minimum Gasteiger partial charge on any atom is -0.449 e. The zero-order valence-electron chi connectivity index (χ0n) is 35.7. The van der Waals surface area contributed by atoms with Crippen LogP contribution < -0.4 is 0 Å². The number of carbonyl (C=O) groups excluding carboxylic acids is 2. The van der Waals surface area contributed by atoms with Crippen molar-refractivity contribution in [1.82, 2.24) is 29.1 Å². The quantitative estimate of drug-likeness (QED) is 0.155. The highest BCUT2D eigenvalue weighted by Gasteiger charge is 2.22. The van der Waals surface area contributed by atoms with E-state index in [4.69, 9.17) is 9.47 Å². The second-order valence-corrected chi connectivity index (χ2v) is 15.3. The second-order valence-electron chi connectivity index (χ2n) is 15.3. The first-order valence-corrected chi connectivity index (χ1v) is 19.7. The molecule has 0 radical (unpaired) electrons. The van der Waals surface area contributed by atoms with E-state index in [0.29, 0.717) is 30.1 Å². The van der Waals surface area contributed by atoms with Gasteiger partial charge in [-0.1, -0.05) is 101 Å².